The topological polar surface area (TPSA) is 9.72 Å². The van der Waals surface area contributed by atoms with Gasteiger partial charge in [-0.15, -0.1) is 5.73 Å². The fourth-order valence-corrected chi connectivity index (χ4v) is 4.26. The van der Waals surface area contributed by atoms with E-state index in [1.54, 1.807) is 0 Å². The molecule has 0 aromatic rings. The van der Waals surface area contributed by atoms with Crippen LogP contribution in [-0.2, 0) is 0 Å². The molecular formula is C34H53N3. The Bertz CT molecular complexity index is 948. The highest BCUT2D eigenvalue weighted by Gasteiger charge is 2.20. The Kier molecular flexibility index (Phi) is 16.1. The van der Waals surface area contributed by atoms with E-state index in [9.17, 15) is 0 Å². The van der Waals surface area contributed by atoms with Gasteiger partial charge in [0.1, 0.15) is 5.82 Å². The second kappa shape index (κ2) is 18.5. The Morgan fingerprint density at radius 2 is 1.84 bits per heavy atom. The van der Waals surface area contributed by atoms with E-state index in [4.69, 9.17) is 0 Å². The highest BCUT2D eigenvalue weighted by molar-refractivity contribution is 5.34. The fourth-order valence-electron chi connectivity index (χ4n) is 4.26. The Labute approximate surface area is 229 Å². The van der Waals surface area contributed by atoms with Crippen LogP contribution in [0, 0.1) is 0 Å². The summed E-state index contributed by atoms with van der Waals surface area (Å²) in [6.45, 7) is 26.6. The first-order valence-electron chi connectivity index (χ1n) is 14.1. The molecule has 0 bridgehead atoms. The van der Waals surface area contributed by atoms with Gasteiger partial charge in [0.05, 0.1) is 0 Å². The number of likely N-dealkylation sites (N-methyl/N-ethyl adjacent to an activating group) is 1. The number of nitrogens with zero attached hydrogens (tertiary/aromatic N) is 3. The molecule has 1 aliphatic rings. The second-order valence-electron chi connectivity index (χ2n) is 9.79. The summed E-state index contributed by atoms with van der Waals surface area (Å²) in [6.07, 6.45) is 23.1. The van der Waals surface area contributed by atoms with Crippen LogP contribution in [0.3, 0.4) is 0 Å². The van der Waals surface area contributed by atoms with E-state index >= 15 is 0 Å². The molecule has 3 heteroatoms. The van der Waals surface area contributed by atoms with Gasteiger partial charge in [-0.3, -0.25) is 4.90 Å². The fraction of sp³-hybridized carbons (Fsp3) is 0.500. The van der Waals surface area contributed by atoms with Crippen LogP contribution in [0.5, 0.6) is 0 Å². The zero-order valence-corrected chi connectivity index (χ0v) is 24.9. The molecular weight excluding hydrogens is 450 g/mol. The number of rotatable bonds is 15. The number of allylic oxidation sites excluding steroid dienone is 7. The van der Waals surface area contributed by atoms with Gasteiger partial charge in [0.2, 0.25) is 0 Å². The molecule has 0 spiro atoms. The molecule has 3 nitrogen and oxygen atoms in total. The third-order valence-electron chi connectivity index (χ3n) is 6.77. The van der Waals surface area contributed by atoms with Gasteiger partial charge in [0.25, 0.3) is 0 Å². The maximum absolute atomic E-state index is 4.60. The Hall–Kier alpha value is -2.74. The zero-order chi connectivity index (χ0) is 27.6. The maximum Gasteiger partial charge on any atom is 0.101 e. The van der Waals surface area contributed by atoms with E-state index in [0.717, 1.165) is 76.3 Å². The molecule has 0 fully saturated rings. The lowest BCUT2D eigenvalue weighted by atomic mass is 10.1. The molecule has 0 saturated heterocycles. The van der Waals surface area contributed by atoms with Gasteiger partial charge in [-0.1, -0.05) is 82.0 Å². The van der Waals surface area contributed by atoms with Gasteiger partial charge >= 0.3 is 0 Å². The van der Waals surface area contributed by atoms with Crippen molar-refractivity contribution in [2.24, 2.45) is 0 Å². The summed E-state index contributed by atoms with van der Waals surface area (Å²) < 4.78 is 0. The second-order valence-corrected chi connectivity index (χ2v) is 9.79. The van der Waals surface area contributed by atoms with Crippen molar-refractivity contribution in [3.63, 3.8) is 0 Å². The summed E-state index contributed by atoms with van der Waals surface area (Å²) in [7, 11) is 2.13. The molecule has 0 heterocycles. The van der Waals surface area contributed by atoms with Gasteiger partial charge in [-0.05, 0) is 82.2 Å². The molecule has 0 radical (unpaired) electrons. The highest BCUT2D eigenvalue weighted by Crippen LogP contribution is 2.24. The van der Waals surface area contributed by atoms with Crippen LogP contribution < -0.4 is 0 Å². The molecule has 0 amide bonds. The van der Waals surface area contributed by atoms with E-state index in [-0.39, 0.29) is 0 Å². The zero-order valence-electron chi connectivity index (χ0n) is 24.9. The summed E-state index contributed by atoms with van der Waals surface area (Å²) in [5, 5.41) is 0. The van der Waals surface area contributed by atoms with Crippen molar-refractivity contribution in [2.45, 2.75) is 73.6 Å². The van der Waals surface area contributed by atoms with E-state index in [1.165, 1.54) is 22.3 Å². The van der Waals surface area contributed by atoms with Crippen LogP contribution in [0.2, 0.25) is 0 Å². The van der Waals surface area contributed by atoms with Crippen molar-refractivity contribution in [3.05, 3.63) is 101 Å². The van der Waals surface area contributed by atoms with Crippen LogP contribution in [0.1, 0.15) is 73.6 Å². The van der Waals surface area contributed by atoms with Crippen molar-refractivity contribution in [1.29, 1.82) is 0 Å². The number of hydrogen-bond acceptors (Lipinski definition) is 3. The highest BCUT2D eigenvalue weighted by atomic mass is 15.3. The standard InChI is InChI=1S/C34H53N3/c1-10-15-22-32(12-3)27-37(31(8)35(9)25-11-2)30(7)34(13-4)28-36(14-5)26-33-23-18-16-17-20-29(6)21-19-24-33/h12-13,15-17,19,22,24H,7-8,10-11,14,18,20,23,25-28H2,1-6,9H3/b17-16?,22-15-,32-12+,33-24+,34-13+. The predicted octanol–water partition coefficient (Wildman–Crippen LogP) is 8.56. The van der Waals surface area contributed by atoms with Crippen LogP contribution in [0.15, 0.2) is 101 Å². The molecule has 37 heavy (non-hydrogen) atoms. The third kappa shape index (κ3) is 11.9. The Morgan fingerprint density at radius 3 is 2.46 bits per heavy atom. The summed E-state index contributed by atoms with van der Waals surface area (Å²) in [6, 6.07) is 0. The van der Waals surface area contributed by atoms with Crippen LogP contribution in [0.4, 0.5) is 0 Å². The number of hydrogen-bond donors (Lipinski definition) is 0. The first-order chi connectivity index (χ1) is 17.8. The van der Waals surface area contributed by atoms with Gasteiger partial charge in [-0.2, -0.15) is 0 Å². The summed E-state index contributed by atoms with van der Waals surface area (Å²) in [4.78, 5) is 7.04. The molecule has 0 atom stereocenters. The largest absolute Gasteiger partial charge is 0.362 e. The molecule has 204 valence electrons. The predicted molar refractivity (Wildman–Crippen MR) is 165 cm³/mol. The van der Waals surface area contributed by atoms with E-state index in [1.807, 2.05) is 0 Å². The Morgan fingerprint density at radius 1 is 1.08 bits per heavy atom. The maximum atomic E-state index is 4.60. The molecule has 1 aliphatic carbocycles. The first-order valence-corrected chi connectivity index (χ1v) is 14.1. The third-order valence-corrected chi connectivity index (χ3v) is 6.77. The van der Waals surface area contributed by atoms with Crippen LogP contribution in [0.25, 0.3) is 0 Å². The van der Waals surface area contributed by atoms with Crippen molar-refractivity contribution < 1.29 is 0 Å². The quantitative estimate of drug-likeness (QED) is 0.126. The van der Waals surface area contributed by atoms with Crippen molar-refractivity contribution in [3.8, 4) is 0 Å². The summed E-state index contributed by atoms with van der Waals surface area (Å²) in [5.41, 5.74) is 9.68. The lowest BCUT2D eigenvalue weighted by Gasteiger charge is -2.36. The van der Waals surface area contributed by atoms with E-state index in [2.05, 4.69) is 131 Å². The minimum absolute atomic E-state index is 0.760. The molecule has 0 saturated carbocycles. The van der Waals surface area contributed by atoms with Crippen molar-refractivity contribution in [2.75, 3.05) is 39.8 Å². The van der Waals surface area contributed by atoms with Gasteiger partial charge in [-0.25, -0.2) is 0 Å². The normalized spacial score (nSPS) is 16.5. The lowest BCUT2D eigenvalue weighted by Crippen LogP contribution is -2.36. The summed E-state index contributed by atoms with van der Waals surface area (Å²) >= 11 is 0. The minimum Gasteiger partial charge on any atom is -0.362 e. The van der Waals surface area contributed by atoms with Crippen molar-refractivity contribution >= 4 is 0 Å². The molecule has 0 aromatic heterocycles. The van der Waals surface area contributed by atoms with Crippen LogP contribution >= 0.6 is 0 Å². The average molecular weight is 504 g/mol. The van der Waals surface area contributed by atoms with Gasteiger partial charge in [0, 0.05) is 38.9 Å². The molecule has 0 aromatic carbocycles. The lowest BCUT2D eigenvalue weighted by molar-refractivity contribution is 0.284. The first kappa shape index (κ1) is 32.3. The van der Waals surface area contributed by atoms with Gasteiger partial charge < -0.3 is 9.80 Å². The molecule has 0 aliphatic heterocycles. The van der Waals surface area contributed by atoms with E-state index in [0.29, 0.717) is 0 Å². The molecule has 0 N–H and O–H groups in total. The summed E-state index contributed by atoms with van der Waals surface area (Å²) in [5.74, 6) is 0.993. The SMILES string of the molecule is C=C(/C(=C/C)CN(CC)C/C1=C/C=C=C(C)CC=CCC1)N(CC(/C=C\CC)=C/C)C(=C)N(C)CCC. The Balaban J connectivity index is 3.17. The monoisotopic (exact) mass is 503 g/mol. The molecule has 1 rings (SSSR count). The molecule has 0 unspecified atom stereocenters. The smallest absolute Gasteiger partial charge is 0.101 e. The minimum atomic E-state index is 0.760. The van der Waals surface area contributed by atoms with Crippen LogP contribution in [-0.4, -0.2) is 54.5 Å². The van der Waals surface area contributed by atoms with Crippen molar-refractivity contribution in [1.82, 2.24) is 14.7 Å². The van der Waals surface area contributed by atoms with Gasteiger partial charge in [0.15, 0.2) is 0 Å². The average Bonchev–Trinajstić information content (AvgIpc) is 2.90. The van der Waals surface area contributed by atoms with E-state index < -0.39 is 0 Å².